The van der Waals surface area contributed by atoms with Gasteiger partial charge in [-0.25, -0.2) is 0 Å². The molecule has 1 amide bonds. The van der Waals surface area contributed by atoms with E-state index < -0.39 is 0 Å². The maximum absolute atomic E-state index is 12.4. The number of carbonyl (C=O) groups is 1. The molecule has 0 saturated carbocycles. The first kappa shape index (κ1) is 19.9. The molecular formula is C22H27BrN2O2. The predicted octanol–water partition coefficient (Wildman–Crippen LogP) is 5.16. The third-order valence-corrected chi connectivity index (χ3v) is 6.18. The lowest BCUT2D eigenvalue weighted by atomic mass is 10.00. The molecule has 0 spiro atoms. The molecule has 1 aliphatic rings. The Bertz CT molecular complexity index is 767. The van der Waals surface area contributed by atoms with Gasteiger partial charge in [-0.1, -0.05) is 33.6 Å². The fourth-order valence-electron chi connectivity index (χ4n) is 3.48. The van der Waals surface area contributed by atoms with Crippen molar-refractivity contribution in [3.05, 3.63) is 65.1 Å². The highest BCUT2D eigenvalue weighted by atomic mass is 79.9. The summed E-state index contributed by atoms with van der Waals surface area (Å²) < 4.78 is 6.62. The van der Waals surface area contributed by atoms with Gasteiger partial charge in [-0.05, 0) is 56.5 Å². The average molecular weight is 431 g/mol. The van der Waals surface area contributed by atoms with Crippen LogP contribution in [0.4, 0.5) is 0 Å². The summed E-state index contributed by atoms with van der Waals surface area (Å²) in [5.74, 6) is 1.12. The molecule has 1 fully saturated rings. The Morgan fingerprint density at radius 3 is 2.26 bits per heavy atom. The van der Waals surface area contributed by atoms with Gasteiger partial charge < -0.3 is 9.32 Å². The largest absolute Gasteiger partial charge is 0.468 e. The van der Waals surface area contributed by atoms with Crippen LogP contribution < -0.4 is 0 Å². The standard InChI is InChI=1S/C22H27BrN2O2/c1-3-25(4-2)22(26)19-9-7-17(8-10-19)21(23)18-11-13-24(14-12-18)16-20-6-5-15-27-20/h5-10,15H,3-4,11-14,16H2,1-2H3. The van der Waals surface area contributed by atoms with Crippen LogP contribution in [0.2, 0.25) is 0 Å². The minimum absolute atomic E-state index is 0.0987. The van der Waals surface area contributed by atoms with Crippen molar-refractivity contribution in [1.29, 1.82) is 0 Å². The van der Waals surface area contributed by atoms with E-state index in [4.69, 9.17) is 4.42 Å². The lowest BCUT2D eigenvalue weighted by Crippen LogP contribution is -2.30. The molecule has 4 nitrogen and oxygen atoms in total. The highest BCUT2D eigenvalue weighted by molar-refractivity contribution is 9.15. The number of rotatable bonds is 6. The van der Waals surface area contributed by atoms with Crippen LogP contribution in [0.25, 0.3) is 4.48 Å². The zero-order valence-corrected chi connectivity index (χ0v) is 17.7. The molecule has 0 aliphatic carbocycles. The first-order chi connectivity index (χ1) is 13.1. The van der Waals surface area contributed by atoms with Gasteiger partial charge in [0, 0.05) is 36.2 Å². The molecule has 144 valence electrons. The minimum Gasteiger partial charge on any atom is -0.468 e. The number of hydrogen-bond acceptors (Lipinski definition) is 3. The monoisotopic (exact) mass is 430 g/mol. The van der Waals surface area contributed by atoms with Crippen molar-refractivity contribution < 1.29 is 9.21 Å². The Hall–Kier alpha value is -1.85. The predicted molar refractivity (Wildman–Crippen MR) is 113 cm³/mol. The van der Waals surface area contributed by atoms with E-state index in [-0.39, 0.29) is 5.91 Å². The molecule has 0 radical (unpaired) electrons. The van der Waals surface area contributed by atoms with Crippen molar-refractivity contribution in [2.75, 3.05) is 26.2 Å². The van der Waals surface area contributed by atoms with Crippen LogP contribution in [-0.2, 0) is 6.54 Å². The summed E-state index contributed by atoms with van der Waals surface area (Å²) in [4.78, 5) is 16.7. The summed E-state index contributed by atoms with van der Waals surface area (Å²) in [7, 11) is 0. The Morgan fingerprint density at radius 2 is 1.70 bits per heavy atom. The summed E-state index contributed by atoms with van der Waals surface area (Å²) in [6.45, 7) is 8.43. The van der Waals surface area contributed by atoms with E-state index in [2.05, 4.69) is 20.8 Å². The number of furan rings is 1. The smallest absolute Gasteiger partial charge is 0.253 e. The van der Waals surface area contributed by atoms with Gasteiger partial charge >= 0.3 is 0 Å². The number of likely N-dealkylation sites (tertiary alicyclic amines) is 1. The Kier molecular flexibility index (Phi) is 6.91. The van der Waals surface area contributed by atoms with Crippen LogP contribution >= 0.6 is 15.9 Å². The van der Waals surface area contributed by atoms with Gasteiger partial charge in [-0.2, -0.15) is 0 Å². The van der Waals surface area contributed by atoms with Crippen molar-refractivity contribution in [2.24, 2.45) is 0 Å². The van der Waals surface area contributed by atoms with Crippen molar-refractivity contribution in [3.63, 3.8) is 0 Å². The van der Waals surface area contributed by atoms with Crippen LogP contribution in [0.3, 0.4) is 0 Å². The van der Waals surface area contributed by atoms with E-state index in [9.17, 15) is 4.79 Å². The van der Waals surface area contributed by atoms with Gasteiger partial charge in [0.05, 0.1) is 12.8 Å². The fraction of sp³-hybridized carbons (Fsp3) is 0.409. The quantitative estimate of drug-likeness (QED) is 0.634. The second-order valence-electron chi connectivity index (χ2n) is 6.83. The first-order valence-corrected chi connectivity index (χ1v) is 10.4. The average Bonchev–Trinajstić information content (AvgIpc) is 3.22. The topological polar surface area (TPSA) is 36.7 Å². The van der Waals surface area contributed by atoms with E-state index in [1.165, 1.54) is 10.1 Å². The second-order valence-corrected chi connectivity index (χ2v) is 7.62. The van der Waals surface area contributed by atoms with E-state index in [1.54, 1.807) is 6.26 Å². The number of carbonyl (C=O) groups excluding carboxylic acids is 1. The van der Waals surface area contributed by atoms with E-state index in [0.717, 1.165) is 62.5 Å². The lowest BCUT2D eigenvalue weighted by Gasteiger charge is -2.28. The molecule has 1 aliphatic heterocycles. The van der Waals surface area contributed by atoms with Gasteiger partial charge in [0.1, 0.15) is 5.76 Å². The fourth-order valence-corrected chi connectivity index (χ4v) is 4.14. The number of hydrogen-bond donors (Lipinski definition) is 0. The molecule has 0 bridgehead atoms. The van der Waals surface area contributed by atoms with Crippen LogP contribution in [0, 0.1) is 0 Å². The van der Waals surface area contributed by atoms with E-state index >= 15 is 0 Å². The molecule has 0 atom stereocenters. The number of halogens is 1. The maximum atomic E-state index is 12.4. The lowest BCUT2D eigenvalue weighted by molar-refractivity contribution is 0.0773. The number of nitrogens with zero attached hydrogens (tertiary/aromatic N) is 2. The Balaban J connectivity index is 1.63. The number of amides is 1. The molecule has 0 N–H and O–H groups in total. The van der Waals surface area contributed by atoms with Crippen LogP contribution in [-0.4, -0.2) is 41.9 Å². The molecule has 2 heterocycles. The SMILES string of the molecule is CCN(CC)C(=O)c1ccc(C(Br)=C2CCN(Cc3ccco3)CC2)cc1. The number of benzene rings is 1. The molecule has 1 aromatic heterocycles. The third-order valence-electron chi connectivity index (χ3n) is 5.17. The third kappa shape index (κ3) is 4.90. The Morgan fingerprint density at radius 1 is 1.07 bits per heavy atom. The number of piperidine rings is 1. The zero-order chi connectivity index (χ0) is 19.2. The van der Waals surface area contributed by atoms with Crippen molar-refractivity contribution in [3.8, 4) is 0 Å². The molecule has 3 rings (SSSR count). The minimum atomic E-state index is 0.0987. The summed E-state index contributed by atoms with van der Waals surface area (Å²) >= 11 is 3.79. The molecule has 2 aromatic rings. The van der Waals surface area contributed by atoms with Crippen LogP contribution in [0.1, 0.15) is 48.4 Å². The van der Waals surface area contributed by atoms with Gasteiger partial charge in [-0.3, -0.25) is 9.69 Å². The highest BCUT2D eigenvalue weighted by Crippen LogP contribution is 2.32. The maximum Gasteiger partial charge on any atom is 0.253 e. The van der Waals surface area contributed by atoms with Crippen LogP contribution in [0.15, 0.2) is 52.7 Å². The van der Waals surface area contributed by atoms with Crippen molar-refractivity contribution in [2.45, 2.75) is 33.2 Å². The van der Waals surface area contributed by atoms with Crippen LogP contribution in [0.5, 0.6) is 0 Å². The van der Waals surface area contributed by atoms with Crippen molar-refractivity contribution >= 4 is 26.3 Å². The summed E-state index contributed by atoms with van der Waals surface area (Å²) in [6.07, 6.45) is 3.82. The molecule has 1 aromatic carbocycles. The van der Waals surface area contributed by atoms with Gasteiger partial charge in [0.2, 0.25) is 0 Å². The van der Waals surface area contributed by atoms with E-state index in [1.807, 2.05) is 55.1 Å². The molecule has 0 unspecified atom stereocenters. The highest BCUT2D eigenvalue weighted by Gasteiger charge is 2.18. The summed E-state index contributed by atoms with van der Waals surface area (Å²) in [6, 6.07) is 11.9. The Labute approximate surface area is 170 Å². The molecular weight excluding hydrogens is 404 g/mol. The first-order valence-electron chi connectivity index (χ1n) is 9.64. The molecule has 27 heavy (non-hydrogen) atoms. The normalized spacial score (nSPS) is 15.0. The van der Waals surface area contributed by atoms with Crippen molar-refractivity contribution in [1.82, 2.24) is 9.80 Å². The summed E-state index contributed by atoms with van der Waals surface area (Å²) in [5.41, 5.74) is 3.33. The second kappa shape index (κ2) is 9.38. The van der Waals surface area contributed by atoms with Gasteiger partial charge in [0.15, 0.2) is 0 Å². The zero-order valence-electron chi connectivity index (χ0n) is 16.1. The molecule has 5 heteroatoms. The summed E-state index contributed by atoms with van der Waals surface area (Å²) in [5, 5.41) is 0. The van der Waals surface area contributed by atoms with Gasteiger partial charge in [-0.15, -0.1) is 0 Å². The van der Waals surface area contributed by atoms with E-state index in [0.29, 0.717) is 0 Å². The molecule has 1 saturated heterocycles. The van der Waals surface area contributed by atoms with Gasteiger partial charge in [0.25, 0.3) is 5.91 Å².